The highest BCUT2D eigenvalue weighted by molar-refractivity contribution is 5.85. The number of ether oxygens (including phenoxy) is 1. The molecule has 2 rings (SSSR count). The number of carbonyl (C=O) groups excluding carboxylic acids is 1. The smallest absolute Gasteiger partial charge is 0.221 e. The average Bonchev–Trinajstić information content (AvgIpc) is 2.42. The molecule has 1 amide bonds. The maximum atomic E-state index is 12.0. The van der Waals surface area contributed by atoms with Gasteiger partial charge in [-0.2, -0.15) is 0 Å². The van der Waals surface area contributed by atoms with Crippen molar-refractivity contribution in [3.8, 4) is 0 Å². The van der Waals surface area contributed by atoms with Gasteiger partial charge in [0.25, 0.3) is 0 Å². The molecule has 2 aliphatic rings. The maximum Gasteiger partial charge on any atom is 0.221 e. The lowest BCUT2D eigenvalue weighted by Gasteiger charge is -2.30. The number of carbonyl (C=O) groups is 1. The molecule has 1 heterocycles. The van der Waals surface area contributed by atoms with Crippen molar-refractivity contribution in [2.45, 2.75) is 64.0 Å². The van der Waals surface area contributed by atoms with Gasteiger partial charge in [-0.3, -0.25) is 4.79 Å². The molecule has 1 saturated carbocycles. The molecule has 1 aliphatic carbocycles. The van der Waals surface area contributed by atoms with E-state index in [4.69, 9.17) is 4.74 Å². The number of hydrogen-bond acceptors (Lipinski definition) is 3. The van der Waals surface area contributed by atoms with Crippen LogP contribution in [0.25, 0.3) is 0 Å². The van der Waals surface area contributed by atoms with Gasteiger partial charge < -0.3 is 15.4 Å². The molecule has 2 N–H and O–H groups in total. The Balaban J connectivity index is 0.00000200. The summed E-state index contributed by atoms with van der Waals surface area (Å²) in [6, 6.07) is 0.607. The molecule has 0 spiro atoms. The minimum atomic E-state index is 0. The summed E-state index contributed by atoms with van der Waals surface area (Å²) < 4.78 is 5.37. The van der Waals surface area contributed by atoms with E-state index in [0.29, 0.717) is 19.1 Å². The van der Waals surface area contributed by atoms with E-state index >= 15 is 0 Å². The van der Waals surface area contributed by atoms with E-state index in [1.54, 1.807) is 0 Å². The van der Waals surface area contributed by atoms with Crippen molar-refractivity contribution in [3.63, 3.8) is 0 Å². The van der Waals surface area contributed by atoms with Gasteiger partial charge in [-0.25, -0.2) is 0 Å². The zero-order chi connectivity index (χ0) is 13.5. The number of morpholine rings is 1. The number of rotatable bonds is 5. The number of hydrogen-bond donors (Lipinski definition) is 2. The summed E-state index contributed by atoms with van der Waals surface area (Å²) in [7, 11) is 0. The molecule has 5 heteroatoms. The van der Waals surface area contributed by atoms with Crippen LogP contribution in [0.2, 0.25) is 0 Å². The lowest BCUT2D eigenvalue weighted by atomic mass is 9.83. The monoisotopic (exact) mass is 304 g/mol. The molecule has 0 aromatic heterocycles. The third-order valence-electron chi connectivity index (χ3n) is 4.34. The van der Waals surface area contributed by atoms with Crippen LogP contribution in [0.5, 0.6) is 0 Å². The van der Waals surface area contributed by atoms with Crippen LogP contribution < -0.4 is 10.6 Å². The van der Waals surface area contributed by atoms with Gasteiger partial charge in [-0.1, -0.05) is 19.8 Å². The van der Waals surface area contributed by atoms with Crippen LogP contribution in [-0.4, -0.2) is 37.7 Å². The first-order valence-electron chi connectivity index (χ1n) is 7.88. The second-order valence-electron chi connectivity index (χ2n) is 6.00. The minimum Gasteiger partial charge on any atom is -0.378 e. The molecule has 0 bridgehead atoms. The quantitative estimate of drug-likeness (QED) is 0.819. The Morgan fingerprint density at radius 3 is 2.65 bits per heavy atom. The Morgan fingerprint density at radius 2 is 2.05 bits per heavy atom. The first-order chi connectivity index (χ1) is 9.28. The van der Waals surface area contributed by atoms with Crippen molar-refractivity contribution in [3.05, 3.63) is 0 Å². The number of nitrogens with one attached hydrogen (secondary N) is 2. The molecule has 0 aromatic carbocycles. The van der Waals surface area contributed by atoms with Gasteiger partial charge in [0, 0.05) is 25.0 Å². The van der Waals surface area contributed by atoms with Crippen molar-refractivity contribution < 1.29 is 9.53 Å². The van der Waals surface area contributed by atoms with Gasteiger partial charge in [-0.15, -0.1) is 12.4 Å². The summed E-state index contributed by atoms with van der Waals surface area (Å²) in [5.41, 5.74) is 0. The standard InChI is InChI=1S/C15H28N2O2.ClH/c1-2-3-12-4-6-13(7-5-12)17-15(18)10-14-11-19-9-8-16-14;/h12-14,16H,2-11H2,1H3,(H,17,18);1H. The van der Waals surface area contributed by atoms with E-state index < -0.39 is 0 Å². The largest absolute Gasteiger partial charge is 0.378 e. The molecular weight excluding hydrogens is 276 g/mol. The summed E-state index contributed by atoms with van der Waals surface area (Å²) in [5.74, 6) is 1.08. The first-order valence-corrected chi connectivity index (χ1v) is 7.88. The summed E-state index contributed by atoms with van der Waals surface area (Å²) in [6.07, 6.45) is 8.07. The highest BCUT2D eigenvalue weighted by Gasteiger charge is 2.23. The summed E-state index contributed by atoms with van der Waals surface area (Å²) in [5, 5.41) is 6.52. The zero-order valence-corrected chi connectivity index (χ0v) is 13.3. The van der Waals surface area contributed by atoms with Crippen LogP contribution >= 0.6 is 12.4 Å². The van der Waals surface area contributed by atoms with E-state index in [1.807, 2.05) is 0 Å². The Labute approximate surface area is 128 Å². The molecule has 20 heavy (non-hydrogen) atoms. The van der Waals surface area contributed by atoms with Gasteiger partial charge in [0.15, 0.2) is 0 Å². The van der Waals surface area contributed by atoms with E-state index in [-0.39, 0.29) is 24.4 Å². The normalized spacial score (nSPS) is 30.4. The van der Waals surface area contributed by atoms with Crippen molar-refractivity contribution in [2.75, 3.05) is 19.8 Å². The molecule has 1 unspecified atom stereocenters. The highest BCUT2D eigenvalue weighted by Crippen LogP contribution is 2.27. The molecule has 0 radical (unpaired) electrons. The lowest BCUT2D eigenvalue weighted by molar-refractivity contribution is -0.123. The van der Waals surface area contributed by atoms with Crippen molar-refractivity contribution in [1.29, 1.82) is 0 Å². The third-order valence-corrected chi connectivity index (χ3v) is 4.34. The molecule has 1 atom stereocenters. The van der Waals surface area contributed by atoms with Crippen molar-refractivity contribution in [2.24, 2.45) is 5.92 Å². The zero-order valence-electron chi connectivity index (χ0n) is 12.5. The Bertz CT molecular complexity index is 275. The average molecular weight is 305 g/mol. The van der Waals surface area contributed by atoms with Crippen molar-refractivity contribution in [1.82, 2.24) is 10.6 Å². The minimum absolute atomic E-state index is 0. The summed E-state index contributed by atoms with van der Waals surface area (Å²) in [6.45, 7) is 4.55. The van der Waals surface area contributed by atoms with Gasteiger partial charge in [-0.05, 0) is 31.6 Å². The van der Waals surface area contributed by atoms with E-state index in [0.717, 1.165) is 31.9 Å². The predicted octanol–water partition coefficient (Wildman–Crippen LogP) is 2.26. The Kier molecular flexibility index (Phi) is 8.50. The van der Waals surface area contributed by atoms with Gasteiger partial charge in [0.2, 0.25) is 5.91 Å². The fourth-order valence-electron chi connectivity index (χ4n) is 3.26. The summed E-state index contributed by atoms with van der Waals surface area (Å²) in [4.78, 5) is 12.0. The molecular formula is C15H29ClN2O2. The predicted molar refractivity (Wildman–Crippen MR) is 83.3 cm³/mol. The second-order valence-corrected chi connectivity index (χ2v) is 6.00. The van der Waals surface area contributed by atoms with Crippen LogP contribution in [0, 0.1) is 5.92 Å². The summed E-state index contributed by atoms with van der Waals surface area (Å²) >= 11 is 0. The Hall–Kier alpha value is -0.320. The van der Waals surface area contributed by atoms with Gasteiger partial charge >= 0.3 is 0 Å². The third kappa shape index (κ3) is 5.98. The molecule has 1 saturated heterocycles. The van der Waals surface area contributed by atoms with Crippen LogP contribution in [0.3, 0.4) is 0 Å². The molecule has 118 valence electrons. The van der Waals surface area contributed by atoms with Gasteiger partial charge in [0.1, 0.15) is 0 Å². The van der Waals surface area contributed by atoms with E-state index in [1.165, 1.54) is 25.7 Å². The highest BCUT2D eigenvalue weighted by atomic mass is 35.5. The maximum absolute atomic E-state index is 12.0. The van der Waals surface area contributed by atoms with Crippen LogP contribution in [0.4, 0.5) is 0 Å². The molecule has 4 nitrogen and oxygen atoms in total. The first kappa shape index (κ1) is 17.7. The fourth-order valence-corrected chi connectivity index (χ4v) is 3.26. The van der Waals surface area contributed by atoms with Gasteiger partial charge in [0.05, 0.1) is 13.2 Å². The molecule has 1 aliphatic heterocycles. The fraction of sp³-hybridized carbons (Fsp3) is 0.933. The Morgan fingerprint density at radius 1 is 1.30 bits per heavy atom. The molecule has 0 aromatic rings. The topological polar surface area (TPSA) is 50.4 Å². The van der Waals surface area contributed by atoms with Crippen LogP contribution in [0.1, 0.15) is 51.9 Å². The lowest BCUT2D eigenvalue weighted by Crippen LogP contribution is -2.46. The van der Waals surface area contributed by atoms with E-state index in [2.05, 4.69) is 17.6 Å². The SMILES string of the molecule is CCCC1CCC(NC(=O)CC2COCCN2)CC1.Cl. The van der Waals surface area contributed by atoms with Crippen LogP contribution in [-0.2, 0) is 9.53 Å². The second kappa shape index (κ2) is 9.59. The van der Waals surface area contributed by atoms with Crippen molar-refractivity contribution >= 4 is 18.3 Å². The number of amides is 1. The number of halogens is 1. The van der Waals surface area contributed by atoms with E-state index in [9.17, 15) is 4.79 Å². The molecule has 2 fully saturated rings. The van der Waals surface area contributed by atoms with Crippen LogP contribution in [0.15, 0.2) is 0 Å².